The number of hydrogen-bond donors (Lipinski definition) is 0. The van der Waals surface area contributed by atoms with Gasteiger partial charge in [-0.3, -0.25) is 0 Å². The summed E-state index contributed by atoms with van der Waals surface area (Å²) in [5.41, 5.74) is 9.77. The van der Waals surface area contributed by atoms with Crippen molar-refractivity contribution in [3.05, 3.63) is 176 Å². The third-order valence-electron chi connectivity index (χ3n) is 9.65. The predicted molar refractivity (Wildman–Crippen MR) is 210 cm³/mol. The zero-order chi connectivity index (χ0) is 32.3. The highest BCUT2D eigenvalue weighted by Gasteiger charge is 2.21. The van der Waals surface area contributed by atoms with Crippen LogP contribution in [0, 0.1) is 0 Å². The minimum Gasteiger partial charge on any atom is -0.455 e. The van der Waals surface area contributed by atoms with Gasteiger partial charge >= 0.3 is 0 Å². The molecule has 3 heteroatoms. The van der Waals surface area contributed by atoms with Gasteiger partial charge in [-0.25, -0.2) is 0 Å². The molecule has 0 atom stereocenters. The first-order valence-corrected chi connectivity index (χ1v) is 17.4. The molecule has 0 spiro atoms. The number of nitrogens with zero attached hydrogens (tertiary/aromatic N) is 1. The molecule has 49 heavy (non-hydrogen) atoms. The van der Waals surface area contributed by atoms with Crippen LogP contribution in [0.25, 0.3) is 75.1 Å². The molecule has 0 saturated carbocycles. The first-order chi connectivity index (χ1) is 24.3. The van der Waals surface area contributed by atoms with Crippen LogP contribution in [0.2, 0.25) is 0 Å². The van der Waals surface area contributed by atoms with Crippen LogP contribution in [-0.2, 0) is 0 Å². The Hall–Kier alpha value is -6.16. The molecule has 0 fully saturated rings. The summed E-state index contributed by atoms with van der Waals surface area (Å²) in [5, 5.41) is 7.20. The van der Waals surface area contributed by atoms with Gasteiger partial charge in [-0.15, -0.1) is 11.3 Å². The number of rotatable bonds is 5. The number of benzene rings is 8. The SMILES string of the molecule is c1ccc(-c2ccc(N(c3ccc4c(c3)oc3c(-c5ccccc5)c5ccccc5cc34)c3cccc4c3sc3ccccc34)cc2)cc1. The molecule has 8 aromatic carbocycles. The zero-order valence-corrected chi connectivity index (χ0v) is 27.3. The van der Waals surface area contributed by atoms with Crippen molar-refractivity contribution in [3.8, 4) is 22.3 Å². The second-order valence-corrected chi connectivity index (χ2v) is 13.6. The molecule has 10 rings (SSSR count). The molecule has 0 bridgehead atoms. The maximum atomic E-state index is 6.90. The average molecular weight is 644 g/mol. The van der Waals surface area contributed by atoms with Crippen molar-refractivity contribution in [1.29, 1.82) is 0 Å². The van der Waals surface area contributed by atoms with Gasteiger partial charge in [0.1, 0.15) is 11.2 Å². The Kier molecular flexibility index (Phi) is 6.39. The quantitative estimate of drug-likeness (QED) is 0.186. The highest BCUT2D eigenvalue weighted by Crippen LogP contribution is 2.47. The van der Waals surface area contributed by atoms with Crippen LogP contribution >= 0.6 is 11.3 Å². The molecule has 0 radical (unpaired) electrons. The summed E-state index contributed by atoms with van der Waals surface area (Å²) < 4.78 is 9.45. The average Bonchev–Trinajstić information content (AvgIpc) is 3.73. The van der Waals surface area contributed by atoms with Crippen molar-refractivity contribution in [2.24, 2.45) is 0 Å². The first kappa shape index (κ1) is 27.9. The van der Waals surface area contributed by atoms with Gasteiger partial charge < -0.3 is 9.32 Å². The minimum absolute atomic E-state index is 0.870. The summed E-state index contributed by atoms with van der Waals surface area (Å²) in [4.78, 5) is 2.38. The van der Waals surface area contributed by atoms with E-state index < -0.39 is 0 Å². The van der Waals surface area contributed by atoms with Crippen molar-refractivity contribution in [1.82, 2.24) is 0 Å². The van der Waals surface area contributed by atoms with E-state index in [0.29, 0.717) is 0 Å². The first-order valence-electron chi connectivity index (χ1n) is 16.6. The van der Waals surface area contributed by atoms with Gasteiger partial charge in [0.25, 0.3) is 0 Å². The minimum atomic E-state index is 0.870. The molecule has 0 aliphatic heterocycles. The summed E-state index contributed by atoms with van der Waals surface area (Å²) in [6.07, 6.45) is 0. The second kappa shape index (κ2) is 11.2. The number of anilines is 3. The Morgan fingerprint density at radius 2 is 1.08 bits per heavy atom. The lowest BCUT2D eigenvalue weighted by molar-refractivity contribution is 0.670. The maximum Gasteiger partial charge on any atom is 0.143 e. The number of thiophene rings is 1. The van der Waals surface area contributed by atoms with Gasteiger partial charge in [-0.1, -0.05) is 127 Å². The fraction of sp³-hybridized carbons (Fsp3) is 0. The van der Waals surface area contributed by atoms with E-state index >= 15 is 0 Å². The third-order valence-corrected chi connectivity index (χ3v) is 10.9. The summed E-state index contributed by atoms with van der Waals surface area (Å²) in [7, 11) is 0. The van der Waals surface area contributed by atoms with Crippen LogP contribution in [0.3, 0.4) is 0 Å². The van der Waals surface area contributed by atoms with Crippen LogP contribution in [0.1, 0.15) is 0 Å². The third kappa shape index (κ3) is 4.55. The Morgan fingerprint density at radius 3 is 1.90 bits per heavy atom. The van der Waals surface area contributed by atoms with Crippen molar-refractivity contribution in [2.75, 3.05) is 4.90 Å². The number of fused-ring (bicyclic) bond motifs is 7. The van der Waals surface area contributed by atoms with E-state index in [2.05, 4.69) is 181 Å². The van der Waals surface area contributed by atoms with Crippen LogP contribution in [0.5, 0.6) is 0 Å². The van der Waals surface area contributed by atoms with E-state index in [1.165, 1.54) is 42.1 Å². The van der Waals surface area contributed by atoms with Gasteiger partial charge in [0.2, 0.25) is 0 Å². The largest absolute Gasteiger partial charge is 0.455 e. The molecule has 0 unspecified atom stereocenters. The van der Waals surface area contributed by atoms with Crippen molar-refractivity contribution >= 4 is 81.3 Å². The lowest BCUT2D eigenvalue weighted by Crippen LogP contribution is -2.10. The molecule has 0 N–H and O–H groups in total. The molecular weight excluding hydrogens is 615 g/mol. The van der Waals surface area contributed by atoms with Crippen molar-refractivity contribution in [2.45, 2.75) is 0 Å². The van der Waals surface area contributed by atoms with Crippen molar-refractivity contribution < 1.29 is 4.42 Å². The molecule has 2 nitrogen and oxygen atoms in total. The fourth-order valence-corrected chi connectivity index (χ4v) is 8.57. The standard InChI is InChI=1S/C46H29NOS/c1-3-12-30(13-4-1)31-22-24-34(25-23-31)47(41-20-11-19-39-38-18-9-10-21-43(38)49-46(39)41)35-26-27-37-40-28-33-16-7-8-17-36(33)44(32-14-5-2-6-15-32)45(40)48-42(37)29-35/h1-29H. The molecule has 0 saturated heterocycles. The maximum absolute atomic E-state index is 6.90. The predicted octanol–water partition coefficient (Wildman–Crippen LogP) is 13.9. The molecule has 2 aromatic heterocycles. The Bertz CT molecular complexity index is 2810. The van der Waals surface area contributed by atoms with E-state index in [9.17, 15) is 0 Å². The van der Waals surface area contributed by atoms with E-state index in [0.717, 1.165) is 50.1 Å². The molecule has 10 aromatic rings. The van der Waals surface area contributed by atoms with Crippen LogP contribution in [0.15, 0.2) is 180 Å². The smallest absolute Gasteiger partial charge is 0.143 e. The van der Waals surface area contributed by atoms with Gasteiger partial charge in [-0.2, -0.15) is 0 Å². The van der Waals surface area contributed by atoms with Gasteiger partial charge in [0.05, 0.1) is 10.4 Å². The lowest BCUT2D eigenvalue weighted by atomic mass is 9.95. The van der Waals surface area contributed by atoms with E-state index in [-0.39, 0.29) is 0 Å². The Labute approximate surface area is 287 Å². The topological polar surface area (TPSA) is 16.4 Å². The molecule has 0 amide bonds. The summed E-state index contributed by atoms with van der Waals surface area (Å²) in [6, 6.07) is 63.0. The molecule has 0 aliphatic carbocycles. The lowest BCUT2D eigenvalue weighted by Gasteiger charge is -2.26. The normalized spacial score (nSPS) is 11.7. The molecular formula is C46H29NOS. The highest BCUT2D eigenvalue weighted by atomic mass is 32.1. The summed E-state index contributed by atoms with van der Waals surface area (Å²) >= 11 is 1.85. The van der Waals surface area contributed by atoms with Crippen LogP contribution in [-0.4, -0.2) is 0 Å². The zero-order valence-electron chi connectivity index (χ0n) is 26.5. The van der Waals surface area contributed by atoms with Gasteiger partial charge in [0, 0.05) is 49.2 Å². The number of hydrogen-bond acceptors (Lipinski definition) is 3. The Morgan fingerprint density at radius 1 is 0.429 bits per heavy atom. The van der Waals surface area contributed by atoms with E-state index in [4.69, 9.17) is 4.42 Å². The van der Waals surface area contributed by atoms with Gasteiger partial charge in [0.15, 0.2) is 0 Å². The van der Waals surface area contributed by atoms with E-state index in [1.807, 2.05) is 11.3 Å². The van der Waals surface area contributed by atoms with Crippen molar-refractivity contribution in [3.63, 3.8) is 0 Å². The monoisotopic (exact) mass is 643 g/mol. The fourth-order valence-electron chi connectivity index (χ4n) is 7.36. The van der Waals surface area contributed by atoms with Crippen LogP contribution < -0.4 is 4.90 Å². The molecule has 0 aliphatic rings. The second-order valence-electron chi connectivity index (χ2n) is 12.5. The summed E-state index contributed by atoms with van der Waals surface area (Å²) in [6.45, 7) is 0. The van der Waals surface area contributed by atoms with Gasteiger partial charge in [-0.05, 0) is 69.9 Å². The van der Waals surface area contributed by atoms with E-state index in [1.54, 1.807) is 0 Å². The Balaban J connectivity index is 1.21. The van der Waals surface area contributed by atoms with Crippen LogP contribution in [0.4, 0.5) is 17.1 Å². The summed E-state index contributed by atoms with van der Waals surface area (Å²) in [5.74, 6) is 0. The highest BCUT2D eigenvalue weighted by molar-refractivity contribution is 7.26. The number of furan rings is 1. The molecule has 230 valence electrons. The molecule has 2 heterocycles.